The summed E-state index contributed by atoms with van der Waals surface area (Å²) in [7, 11) is 0. The van der Waals surface area contributed by atoms with Gasteiger partial charge in [-0.2, -0.15) is 4.98 Å². The standard InChI is InChI=1S/C11H13ClN4/c1-7(2)9-6-10(15-11(12)14-9)16-5-4-13-8(16)3/h4-7H,1-3H3. The van der Waals surface area contributed by atoms with E-state index in [2.05, 4.69) is 28.8 Å². The molecule has 0 fully saturated rings. The second-order valence-electron chi connectivity index (χ2n) is 3.92. The number of imidazole rings is 1. The summed E-state index contributed by atoms with van der Waals surface area (Å²) in [5, 5.41) is 0.273. The number of rotatable bonds is 2. The molecule has 5 heteroatoms. The average molecular weight is 237 g/mol. The number of halogens is 1. The number of aromatic nitrogens is 4. The Morgan fingerprint density at radius 3 is 2.62 bits per heavy atom. The van der Waals surface area contributed by atoms with Crippen molar-refractivity contribution < 1.29 is 0 Å². The van der Waals surface area contributed by atoms with E-state index in [9.17, 15) is 0 Å². The SMILES string of the molecule is Cc1nccn1-c1cc(C(C)C)nc(Cl)n1. The molecule has 0 aromatic carbocycles. The van der Waals surface area contributed by atoms with Gasteiger partial charge in [-0.1, -0.05) is 13.8 Å². The molecule has 0 saturated heterocycles. The van der Waals surface area contributed by atoms with Gasteiger partial charge in [-0.05, 0) is 24.4 Å². The molecule has 0 unspecified atom stereocenters. The third kappa shape index (κ3) is 2.07. The normalized spacial score (nSPS) is 11.1. The van der Waals surface area contributed by atoms with Crippen molar-refractivity contribution in [1.82, 2.24) is 19.5 Å². The van der Waals surface area contributed by atoms with E-state index in [0.717, 1.165) is 17.3 Å². The molecular formula is C11H13ClN4. The lowest BCUT2D eigenvalue weighted by molar-refractivity contribution is 0.801. The minimum Gasteiger partial charge on any atom is -0.288 e. The molecule has 0 bridgehead atoms. The van der Waals surface area contributed by atoms with E-state index >= 15 is 0 Å². The molecule has 2 heterocycles. The van der Waals surface area contributed by atoms with E-state index in [0.29, 0.717) is 5.92 Å². The molecular weight excluding hydrogens is 224 g/mol. The summed E-state index contributed by atoms with van der Waals surface area (Å²) < 4.78 is 1.89. The first-order valence-electron chi connectivity index (χ1n) is 5.12. The third-order valence-corrected chi connectivity index (χ3v) is 2.54. The van der Waals surface area contributed by atoms with Gasteiger partial charge in [0.25, 0.3) is 0 Å². The first-order valence-corrected chi connectivity index (χ1v) is 5.50. The minimum atomic E-state index is 0.273. The van der Waals surface area contributed by atoms with Crippen molar-refractivity contribution >= 4 is 11.6 Å². The Labute approximate surface area is 99.3 Å². The van der Waals surface area contributed by atoms with Crippen LogP contribution in [0.15, 0.2) is 18.5 Å². The van der Waals surface area contributed by atoms with Crippen LogP contribution in [0.25, 0.3) is 5.82 Å². The fourth-order valence-electron chi connectivity index (χ4n) is 1.46. The molecule has 0 amide bonds. The van der Waals surface area contributed by atoms with E-state index in [1.807, 2.05) is 23.8 Å². The fraction of sp³-hybridized carbons (Fsp3) is 0.364. The predicted molar refractivity (Wildman–Crippen MR) is 63.0 cm³/mol. The van der Waals surface area contributed by atoms with Crippen molar-refractivity contribution in [2.24, 2.45) is 0 Å². The highest BCUT2D eigenvalue weighted by Gasteiger charge is 2.09. The van der Waals surface area contributed by atoms with Crippen LogP contribution in [0.3, 0.4) is 0 Å². The van der Waals surface area contributed by atoms with Crippen LogP contribution < -0.4 is 0 Å². The summed E-state index contributed by atoms with van der Waals surface area (Å²) in [6.45, 7) is 6.07. The van der Waals surface area contributed by atoms with Crippen LogP contribution >= 0.6 is 11.6 Å². The van der Waals surface area contributed by atoms with E-state index in [1.54, 1.807) is 6.20 Å². The molecule has 0 aliphatic rings. The van der Waals surface area contributed by atoms with E-state index in [4.69, 9.17) is 11.6 Å². The van der Waals surface area contributed by atoms with E-state index < -0.39 is 0 Å². The Hall–Kier alpha value is -1.42. The van der Waals surface area contributed by atoms with Gasteiger partial charge in [0.2, 0.25) is 5.28 Å². The Morgan fingerprint density at radius 2 is 2.06 bits per heavy atom. The second kappa shape index (κ2) is 4.22. The average Bonchev–Trinajstić information content (AvgIpc) is 2.63. The highest BCUT2D eigenvalue weighted by atomic mass is 35.5. The van der Waals surface area contributed by atoms with Crippen molar-refractivity contribution in [2.75, 3.05) is 0 Å². The van der Waals surface area contributed by atoms with Crippen molar-refractivity contribution in [3.63, 3.8) is 0 Å². The maximum absolute atomic E-state index is 5.91. The highest BCUT2D eigenvalue weighted by molar-refractivity contribution is 6.28. The van der Waals surface area contributed by atoms with Gasteiger partial charge >= 0.3 is 0 Å². The number of hydrogen-bond donors (Lipinski definition) is 0. The van der Waals surface area contributed by atoms with Crippen molar-refractivity contribution in [3.8, 4) is 5.82 Å². The maximum Gasteiger partial charge on any atom is 0.224 e. The smallest absolute Gasteiger partial charge is 0.224 e. The molecule has 0 N–H and O–H groups in total. The van der Waals surface area contributed by atoms with Crippen LogP contribution in [0.1, 0.15) is 31.3 Å². The number of aryl methyl sites for hydroxylation is 1. The van der Waals surface area contributed by atoms with Crippen LogP contribution in [0, 0.1) is 6.92 Å². The molecule has 0 aliphatic heterocycles. The van der Waals surface area contributed by atoms with Gasteiger partial charge < -0.3 is 0 Å². The Balaban J connectivity index is 2.54. The molecule has 2 rings (SSSR count). The largest absolute Gasteiger partial charge is 0.288 e. The van der Waals surface area contributed by atoms with Crippen LogP contribution in [0.2, 0.25) is 5.28 Å². The predicted octanol–water partition coefficient (Wildman–Crippen LogP) is 2.75. The molecule has 16 heavy (non-hydrogen) atoms. The van der Waals surface area contributed by atoms with Gasteiger partial charge in [-0.25, -0.2) is 9.97 Å². The van der Waals surface area contributed by atoms with Crippen molar-refractivity contribution in [1.29, 1.82) is 0 Å². The molecule has 0 aliphatic carbocycles. The Bertz CT molecular complexity index is 504. The molecule has 84 valence electrons. The van der Waals surface area contributed by atoms with Gasteiger partial charge in [0, 0.05) is 18.5 Å². The van der Waals surface area contributed by atoms with Gasteiger partial charge in [0.1, 0.15) is 11.6 Å². The van der Waals surface area contributed by atoms with E-state index in [-0.39, 0.29) is 5.28 Å². The summed E-state index contributed by atoms with van der Waals surface area (Å²) in [6, 6.07) is 1.94. The van der Waals surface area contributed by atoms with Gasteiger partial charge in [-0.15, -0.1) is 0 Å². The molecule has 2 aromatic heterocycles. The van der Waals surface area contributed by atoms with E-state index in [1.165, 1.54) is 0 Å². The molecule has 2 aromatic rings. The Morgan fingerprint density at radius 1 is 1.31 bits per heavy atom. The van der Waals surface area contributed by atoms with Crippen LogP contribution in [0.5, 0.6) is 0 Å². The van der Waals surface area contributed by atoms with Gasteiger partial charge in [0.05, 0.1) is 5.69 Å². The minimum absolute atomic E-state index is 0.273. The maximum atomic E-state index is 5.91. The van der Waals surface area contributed by atoms with Gasteiger partial charge in [-0.3, -0.25) is 4.57 Å². The lowest BCUT2D eigenvalue weighted by Crippen LogP contribution is -2.03. The summed E-state index contributed by atoms with van der Waals surface area (Å²) in [5.41, 5.74) is 0.933. The fourth-order valence-corrected chi connectivity index (χ4v) is 1.65. The summed E-state index contributed by atoms with van der Waals surface area (Å²) >= 11 is 5.91. The zero-order valence-corrected chi connectivity index (χ0v) is 10.2. The number of nitrogens with zero attached hydrogens (tertiary/aromatic N) is 4. The van der Waals surface area contributed by atoms with Crippen molar-refractivity contribution in [2.45, 2.75) is 26.7 Å². The molecule has 0 radical (unpaired) electrons. The monoisotopic (exact) mass is 236 g/mol. The number of hydrogen-bond acceptors (Lipinski definition) is 3. The molecule has 0 atom stereocenters. The lowest BCUT2D eigenvalue weighted by Gasteiger charge is -2.09. The Kier molecular flexibility index (Phi) is 2.92. The van der Waals surface area contributed by atoms with Crippen molar-refractivity contribution in [3.05, 3.63) is 35.3 Å². The van der Waals surface area contributed by atoms with Gasteiger partial charge in [0.15, 0.2) is 0 Å². The molecule has 0 spiro atoms. The zero-order chi connectivity index (χ0) is 11.7. The topological polar surface area (TPSA) is 43.6 Å². The second-order valence-corrected chi connectivity index (χ2v) is 4.26. The lowest BCUT2D eigenvalue weighted by atomic mass is 10.1. The quantitative estimate of drug-likeness (QED) is 0.753. The van der Waals surface area contributed by atoms with Crippen LogP contribution in [0.4, 0.5) is 0 Å². The summed E-state index contributed by atoms with van der Waals surface area (Å²) in [4.78, 5) is 12.5. The van der Waals surface area contributed by atoms with Crippen LogP contribution in [-0.4, -0.2) is 19.5 Å². The summed E-state index contributed by atoms with van der Waals surface area (Å²) in [6.07, 6.45) is 3.60. The third-order valence-electron chi connectivity index (χ3n) is 2.37. The first kappa shape index (κ1) is 11.1. The molecule has 0 saturated carbocycles. The zero-order valence-electron chi connectivity index (χ0n) is 9.48. The molecule has 4 nitrogen and oxygen atoms in total. The first-order chi connectivity index (χ1) is 7.58. The summed E-state index contributed by atoms with van der Waals surface area (Å²) in [5.74, 6) is 1.96. The highest BCUT2D eigenvalue weighted by Crippen LogP contribution is 2.17. The van der Waals surface area contributed by atoms with Crippen LogP contribution in [-0.2, 0) is 0 Å².